The Morgan fingerprint density at radius 1 is 1.04 bits per heavy atom. The predicted octanol–water partition coefficient (Wildman–Crippen LogP) is 3.34. The van der Waals surface area contributed by atoms with Crippen molar-refractivity contribution >= 4 is 11.6 Å². The zero-order valence-electron chi connectivity index (χ0n) is 13.6. The van der Waals surface area contributed by atoms with Crippen LogP contribution in [0.5, 0.6) is 11.5 Å². The Hall–Kier alpha value is -2.50. The van der Waals surface area contributed by atoms with Gasteiger partial charge in [0, 0.05) is 19.2 Å². The molecule has 0 fully saturated rings. The first-order chi connectivity index (χ1) is 11.2. The number of unbranched alkanes of at least 4 members (excludes halogenated alkanes) is 1. The van der Waals surface area contributed by atoms with Gasteiger partial charge in [-0.15, -0.1) is 0 Å². The molecule has 122 valence electrons. The minimum absolute atomic E-state index is 0.296. The van der Waals surface area contributed by atoms with Crippen molar-refractivity contribution in [1.29, 1.82) is 0 Å². The van der Waals surface area contributed by atoms with Crippen LogP contribution in [0.3, 0.4) is 0 Å². The van der Waals surface area contributed by atoms with Gasteiger partial charge in [0.25, 0.3) is 0 Å². The average molecular weight is 314 g/mol. The molecule has 1 aliphatic rings. The van der Waals surface area contributed by atoms with Gasteiger partial charge in [-0.25, -0.2) is 9.97 Å². The van der Waals surface area contributed by atoms with Gasteiger partial charge in [-0.3, -0.25) is 0 Å². The van der Waals surface area contributed by atoms with Crippen LogP contribution in [-0.4, -0.2) is 23.3 Å². The van der Waals surface area contributed by atoms with E-state index in [9.17, 15) is 0 Å². The van der Waals surface area contributed by atoms with Crippen LogP contribution in [0.25, 0.3) is 0 Å². The summed E-state index contributed by atoms with van der Waals surface area (Å²) >= 11 is 0. The second kappa shape index (κ2) is 7.17. The van der Waals surface area contributed by atoms with E-state index in [0.717, 1.165) is 53.9 Å². The van der Waals surface area contributed by atoms with E-state index in [-0.39, 0.29) is 0 Å². The zero-order valence-corrected chi connectivity index (χ0v) is 13.6. The minimum atomic E-state index is 0.296. The molecule has 0 amide bonds. The highest BCUT2D eigenvalue weighted by molar-refractivity contribution is 5.49. The van der Waals surface area contributed by atoms with E-state index < -0.39 is 0 Å². The highest BCUT2D eigenvalue weighted by Crippen LogP contribution is 2.32. The van der Waals surface area contributed by atoms with Crippen LogP contribution < -0.4 is 20.1 Å². The van der Waals surface area contributed by atoms with Crippen LogP contribution >= 0.6 is 0 Å². The smallest absolute Gasteiger partial charge is 0.231 e. The molecule has 0 unspecified atom stereocenters. The molecule has 2 aromatic rings. The third-order valence-corrected chi connectivity index (χ3v) is 3.59. The van der Waals surface area contributed by atoms with E-state index >= 15 is 0 Å². The van der Waals surface area contributed by atoms with Gasteiger partial charge in [0.1, 0.15) is 17.5 Å². The van der Waals surface area contributed by atoms with Crippen molar-refractivity contribution in [3.63, 3.8) is 0 Å². The van der Waals surface area contributed by atoms with Crippen LogP contribution in [0.15, 0.2) is 24.3 Å². The Morgan fingerprint density at radius 2 is 1.83 bits per heavy atom. The van der Waals surface area contributed by atoms with Crippen molar-refractivity contribution in [2.45, 2.75) is 33.2 Å². The van der Waals surface area contributed by atoms with Gasteiger partial charge < -0.3 is 20.1 Å². The summed E-state index contributed by atoms with van der Waals surface area (Å²) in [5.41, 5.74) is 1.12. The number of nitrogens with zero attached hydrogens (tertiary/aromatic N) is 2. The molecule has 23 heavy (non-hydrogen) atoms. The highest BCUT2D eigenvalue weighted by atomic mass is 16.7. The lowest BCUT2D eigenvalue weighted by Crippen LogP contribution is -2.07. The van der Waals surface area contributed by atoms with Gasteiger partial charge in [0.2, 0.25) is 6.79 Å². The number of rotatable bonds is 7. The fourth-order valence-corrected chi connectivity index (χ4v) is 2.39. The molecular formula is C17H22N4O2. The van der Waals surface area contributed by atoms with Crippen molar-refractivity contribution < 1.29 is 9.47 Å². The van der Waals surface area contributed by atoms with Crippen molar-refractivity contribution in [2.75, 3.05) is 24.0 Å². The number of anilines is 2. The second-order valence-electron chi connectivity index (χ2n) is 5.51. The highest BCUT2D eigenvalue weighted by Gasteiger charge is 2.13. The van der Waals surface area contributed by atoms with E-state index in [1.54, 1.807) is 0 Å². The zero-order chi connectivity index (χ0) is 16.1. The standard InChI is InChI=1S/C17H22N4O2/c1-3-4-7-18-16-9-17(21-12(2)20-16)19-10-13-5-6-14-15(8-13)23-11-22-14/h5-6,8-9H,3-4,7,10-11H2,1-2H3,(H2,18,19,20,21). The number of nitrogens with one attached hydrogen (secondary N) is 2. The number of benzene rings is 1. The van der Waals surface area contributed by atoms with Crippen LogP contribution in [0.4, 0.5) is 11.6 Å². The van der Waals surface area contributed by atoms with Gasteiger partial charge in [-0.05, 0) is 31.0 Å². The molecule has 0 spiro atoms. The molecule has 6 nitrogen and oxygen atoms in total. The fraction of sp³-hybridized carbons (Fsp3) is 0.412. The average Bonchev–Trinajstić information content (AvgIpc) is 3.00. The van der Waals surface area contributed by atoms with Crippen LogP contribution in [0.1, 0.15) is 31.2 Å². The third-order valence-electron chi connectivity index (χ3n) is 3.59. The largest absolute Gasteiger partial charge is 0.454 e. The second-order valence-corrected chi connectivity index (χ2v) is 5.51. The van der Waals surface area contributed by atoms with Crippen LogP contribution in [0, 0.1) is 6.92 Å². The van der Waals surface area contributed by atoms with Gasteiger partial charge >= 0.3 is 0 Å². The lowest BCUT2D eigenvalue weighted by atomic mass is 10.2. The molecule has 6 heteroatoms. The molecule has 2 N–H and O–H groups in total. The van der Waals surface area contributed by atoms with E-state index in [1.165, 1.54) is 0 Å². The van der Waals surface area contributed by atoms with Crippen molar-refractivity contribution in [2.24, 2.45) is 0 Å². The summed E-state index contributed by atoms with van der Waals surface area (Å²) < 4.78 is 10.7. The molecule has 0 radical (unpaired) electrons. The van der Waals surface area contributed by atoms with Crippen molar-refractivity contribution in [1.82, 2.24) is 9.97 Å². The third kappa shape index (κ3) is 4.03. The fourth-order valence-electron chi connectivity index (χ4n) is 2.39. The molecule has 0 bridgehead atoms. The SMILES string of the molecule is CCCCNc1cc(NCc2ccc3c(c2)OCO3)nc(C)n1. The van der Waals surface area contributed by atoms with Crippen molar-refractivity contribution in [3.8, 4) is 11.5 Å². The molecule has 0 saturated heterocycles. The van der Waals surface area contributed by atoms with Crippen molar-refractivity contribution in [3.05, 3.63) is 35.7 Å². The Labute approximate surface area is 136 Å². The Balaban J connectivity index is 1.63. The summed E-state index contributed by atoms with van der Waals surface area (Å²) in [5, 5.41) is 6.67. The normalized spacial score (nSPS) is 12.3. The molecule has 3 rings (SSSR count). The molecule has 1 aromatic carbocycles. The van der Waals surface area contributed by atoms with E-state index in [2.05, 4.69) is 27.5 Å². The van der Waals surface area contributed by atoms with Gasteiger partial charge in [0.15, 0.2) is 11.5 Å². The first-order valence-corrected chi connectivity index (χ1v) is 7.96. The Kier molecular flexibility index (Phi) is 4.80. The Bertz CT molecular complexity index is 676. The van der Waals surface area contributed by atoms with E-state index in [1.807, 2.05) is 31.2 Å². The topological polar surface area (TPSA) is 68.3 Å². The molecular weight excluding hydrogens is 292 g/mol. The van der Waals surface area contributed by atoms with Crippen LogP contribution in [-0.2, 0) is 6.54 Å². The van der Waals surface area contributed by atoms with E-state index in [0.29, 0.717) is 13.3 Å². The number of ether oxygens (including phenoxy) is 2. The first-order valence-electron chi connectivity index (χ1n) is 7.96. The van der Waals surface area contributed by atoms with Crippen LogP contribution in [0.2, 0.25) is 0 Å². The summed E-state index contributed by atoms with van der Waals surface area (Å²) in [6, 6.07) is 7.89. The number of hydrogen-bond acceptors (Lipinski definition) is 6. The molecule has 2 heterocycles. The molecule has 1 aromatic heterocycles. The van der Waals surface area contributed by atoms with Gasteiger partial charge in [-0.2, -0.15) is 0 Å². The molecule has 0 aliphatic carbocycles. The summed E-state index contributed by atoms with van der Waals surface area (Å²) in [7, 11) is 0. The van der Waals surface area contributed by atoms with Gasteiger partial charge in [-0.1, -0.05) is 19.4 Å². The monoisotopic (exact) mass is 314 g/mol. The van der Waals surface area contributed by atoms with Gasteiger partial charge in [0.05, 0.1) is 0 Å². The lowest BCUT2D eigenvalue weighted by molar-refractivity contribution is 0.174. The number of hydrogen-bond donors (Lipinski definition) is 2. The lowest BCUT2D eigenvalue weighted by Gasteiger charge is -2.10. The predicted molar refractivity (Wildman–Crippen MR) is 90.1 cm³/mol. The maximum atomic E-state index is 5.40. The summed E-state index contributed by atoms with van der Waals surface area (Å²) in [4.78, 5) is 8.84. The maximum Gasteiger partial charge on any atom is 0.231 e. The Morgan fingerprint density at radius 3 is 2.65 bits per heavy atom. The number of aromatic nitrogens is 2. The quantitative estimate of drug-likeness (QED) is 0.764. The summed E-state index contributed by atoms with van der Waals surface area (Å²) in [6.45, 7) is 5.96. The first kappa shape index (κ1) is 15.4. The minimum Gasteiger partial charge on any atom is -0.454 e. The number of fused-ring (bicyclic) bond motifs is 1. The maximum absolute atomic E-state index is 5.40. The number of aryl methyl sites for hydroxylation is 1. The summed E-state index contributed by atoms with van der Waals surface area (Å²) in [6.07, 6.45) is 2.29. The molecule has 0 saturated carbocycles. The van der Waals surface area contributed by atoms with E-state index in [4.69, 9.17) is 9.47 Å². The summed E-state index contributed by atoms with van der Waals surface area (Å²) in [5.74, 6) is 4.02. The molecule has 1 aliphatic heterocycles. The molecule has 0 atom stereocenters.